The molecule has 3 atom stereocenters. The largest absolute Gasteiger partial charge is 0.450 e. The average molecular weight is 561 g/mol. The molecule has 5 rings (SSSR count). The Labute approximate surface area is 236 Å². The molecule has 2 aliphatic heterocycles. The zero-order valence-electron chi connectivity index (χ0n) is 22.6. The van der Waals surface area contributed by atoms with Crippen LogP contribution in [-0.4, -0.2) is 44.0 Å². The first-order valence-corrected chi connectivity index (χ1v) is 13.4. The molecule has 2 amide bonds. The lowest BCUT2D eigenvalue weighted by Crippen LogP contribution is -2.50. The van der Waals surface area contributed by atoms with Crippen LogP contribution in [0.1, 0.15) is 60.5 Å². The standard InChI is InChI=1S/C29H29ClN6O4/c1-16-12-23(26(38)35-34-16)40-22-9-8-20(32-17(22)2)25(37)33-21-14-29(18-6-5-7-19(30)13-18)11-10-24(28(3,4)15-31)36(29)27(21)39/h5-9,12-13,21,24H,10-11,14H2,1-4H3,(H,33,37)(H,35,38)/t21-,24+,29+/m0/s1. The van der Waals surface area contributed by atoms with Crippen LogP contribution in [0, 0.1) is 30.6 Å². The van der Waals surface area contributed by atoms with Gasteiger partial charge in [0.2, 0.25) is 5.91 Å². The fourth-order valence-corrected chi connectivity index (χ4v) is 6.01. The van der Waals surface area contributed by atoms with Crippen molar-refractivity contribution in [2.45, 2.75) is 64.6 Å². The number of pyridine rings is 1. The first kappa shape index (κ1) is 27.3. The molecule has 2 saturated heterocycles. The maximum absolute atomic E-state index is 13.9. The van der Waals surface area contributed by atoms with Crippen LogP contribution in [-0.2, 0) is 10.3 Å². The summed E-state index contributed by atoms with van der Waals surface area (Å²) in [6, 6.07) is 13.2. The van der Waals surface area contributed by atoms with Crippen LogP contribution in [0.5, 0.6) is 11.5 Å². The highest BCUT2D eigenvalue weighted by molar-refractivity contribution is 6.30. The van der Waals surface area contributed by atoms with Crippen LogP contribution >= 0.6 is 11.6 Å². The number of carbonyl (C=O) groups is 2. The van der Waals surface area contributed by atoms with Crippen LogP contribution < -0.4 is 15.6 Å². The molecule has 0 saturated carbocycles. The predicted molar refractivity (Wildman–Crippen MR) is 147 cm³/mol. The third-order valence-electron chi connectivity index (χ3n) is 7.86. The molecule has 2 aliphatic rings. The van der Waals surface area contributed by atoms with Crippen LogP contribution in [0.25, 0.3) is 0 Å². The molecule has 4 heterocycles. The Hall–Kier alpha value is -4.23. The van der Waals surface area contributed by atoms with E-state index in [0.29, 0.717) is 41.4 Å². The second kappa shape index (κ2) is 10.1. The summed E-state index contributed by atoms with van der Waals surface area (Å²) < 4.78 is 5.71. The van der Waals surface area contributed by atoms with Gasteiger partial charge in [0, 0.05) is 17.5 Å². The molecule has 206 valence electrons. The number of hydrogen-bond acceptors (Lipinski definition) is 7. The number of aromatic amines is 1. The van der Waals surface area contributed by atoms with Crippen LogP contribution in [0.15, 0.2) is 47.3 Å². The molecule has 2 N–H and O–H groups in total. The van der Waals surface area contributed by atoms with Gasteiger partial charge in [-0.25, -0.2) is 10.1 Å². The molecule has 11 heteroatoms. The van der Waals surface area contributed by atoms with Crippen molar-refractivity contribution in [3.63, 3.8) is 0 Å². The van der Waals surface area contributed by atoms with Crippen molar-refractivity contribution in [1.29, 1.82) is 5.26 Å². The first-order valence-electron chi connectivity index (χ1n) is 13.0. The van der Waals surface area contributed by atoms with Crippen molar-refractivity contribution in [2.75, 3.05) is 0 Å². The van der Waals surface area contributed by atoms with E-state index in [1.54, 1.807) is 30.9 Å². The number of amides is 2. The van der Waals surface area contributed by atoms with E-state index < -0.39 is 28.5 Å². The number of H-pyrrole nitrogens is 1. The van der Waals surface area contributed by atoms with Gasteiger partial charge in [-0.15, -0.1) is 0 Å². The summed E-state index contributed by atoms with van der Waals surface area (Å²) >= 11 is 6.33. The maximum atomic E-state index is 13.9. The van der Waals surface area contributed by atoms with E-state index in [4.69, 9.17) is 16.3 Å². The minimum absolute atomic E-state index is 0.0629. The predicted octanol–water partition coefficient (Wildman–Crippen LogP) is 4.17. The van der Waals surface area contributed by atoms with E-state index in [0.717, 1.165) is 5.56 Å². The SMILES string of the molecule is Cc1cc(Oc2ccc(C(=O)N[C@H]3C[C@@]4(c5cccc(Cl)c5)CC[C@H](C(C)(C)C#N)N4C3=O)nc2C)c(=O)[nH]n1. The van der Waals surface area contributed by atoms with Gasteiger partial charge in [0.15, 0.2) is 5.75 Å². The highest BCUT2D eigenvalue weighted by Crippen LogP contribution is 2.53. The summed E-state index contributed by atoms with van der Waals surface area (Å²) in [5, 5.41) is 19.5. The van der Waals surface area contributed by atoms with Crippen LogP contribution in [0.4, 0.5) is 0 Å². The van der Waals surface area contributed by atoms with E-state index in [1.165, 1.54) is 12.1 Å². The third-order valence-corrected chi connectivity index (χ3v) is 8.09. The average Bonchev–Trinajstić information content (AvgIpc) is 3.43. The number of ether oxygens (including phenoxy) is 1. The van der Waals surface area contributed by atoms with Crippen LogP contribution in [0.2, 0.25) is 5.02 Å². The number of nitriles is 1. The van der Waals surface area contributed by atoms with Crippen molar-refractivity contribution in [1.82, 2.24) is 25.4 Å². The van der Waals surface area contributed by atoms with Gasteiger partial charge >= 0.3 is 5.56 Å². The second-order valence-electron chi connectivity index (χ2n) is 11.0. The third kappa shape index (κ3) is 4.71. The van der Waals surface area contributed by atoms with Gasteiger partial charge in [0.1, 0.15) is 17.5 Å². The number of rotatable bonds is 6. The number of fused-ring (bicyclic) bond motifs is 1. The lowest BCUT2D eigenvalue weighted by molar-refractivity contribution is -0.135. The van der Waals surface area contributed by atoms with Gasteiger partial charge in [-0.1, -0.05) is 23.7 Å². The highest BCUT2D eigenvalue weighted by atomic mass is 35.5. The maximum Gasteiger partial charge on any atom is 0.307 e. The summed E-state index contributed by atoms with van der Waals surface area (Å²) in [5.41, 5.74) is 0.0144. The van der Waals surface area contributed by atoms with Crippen molar-refractivity contribution in [3.05, 3.63) is 80.5 Å². The fraction of sp³-hybridized carbons (Fsp3) is 0.379. The van der Waals surface area contributed by atoms with E-state index >= 15 is 0 Å². The van der Waals surface area contributed by atoms with Gasteiger partial charge in [-0.05, 0) is 70.4 Å². The number of aryl methyl sites for hydroxylation is 2. The van der Waals surface area contributed by atoms with E-state index in [1.807, 2.05) is 32.0 Å². The molecule has 40 heavy (non-hydrogen) atoms. The van der Waals surface area contributed by atoms with Crippen molar-refractivity contribution in [3.8, 4) is 17.6 Å². The Morgan fingerprint density at radius 2 is 2.00 bits per heavy atom. The second-order valence-corrected chi connectivity index (χ2v) is 11.4. The van der Waals surface area contributed by atoms with Gasteiger partial charge < -0.3 is 15.0 Å². The summed E-state index contributed by atoms with van der Waals surface area (Å²) in [7, 11) is 0. The molecular weight excluding hydrogens is 532 g/mol. The lowest BCUT2D eigenvalue weighted by atomic mass is 9.83. The molecule has 0 bridgehead atoms. The molecular formula is C29H29ClN6O4. The topological polar surface area (TPSA) is 141 Å². The Bertz CT molecular complexity index is 1610. The fourth-order valence-electron chi connectivity index (χ4n) is 5.82. The van der Waals surface area contributed by atoms with E-state index in [-0.39, 0.29) is 23.4 Å². The Morgan fingerprint density at radius 1 is 1.23 bits per heavy atom. The molecule has 10 nitrogen and oxygen atoms in total. The summed E-state index contributed by atoms with van der Waals surface area (Å²) in [4.78, 5) is 45.4. The lowest BCUT2D eigenvalue weighted by Gasteiger charge is -2.39. The summed E-state index contributed by atoms with van der Waals surface area (Å²) in [6.45, 7) is 7.05. The molecule has 1 aromatic carbocycles. The number of carbonyl (C=O) groups excluding carboxylic acids is 2. The summed E-state index contributed by atoms with van der Waals surface area (Å²) in [6.07, 6.45) is 1.67. The molecule has 3 aromatic rings. The minimum atomic E-state index is -0.805. The number of aromatic nitrogens is 3. The zero-order chi connectivity index (χ0) is 28.8. The smallest absolute Gasteiger partial charge is 0.307 e. The van der Waals surface area contributed by atoms with Gasteiger partial charge in [-0.3, -0.25) is 14.4 Å². The Balaban J connectivity index is 1.40. The van der Waals surface area contributed by atoms with E-state index in [2.05, 4.69) is 26.6 Å². The first-order chi connectivity index (χ1) is 18.9. The Kier molecular flexibility index (Phi) is 6.88. The monoisotopic (exact) mass is 560 g/mol. The minimum Gasteiger partial charge on any atom is -0.450 e. The molecule has 0 aliphatic carbocycles. The molecule has 2 aromatic heterocycles. The molecule has 0 spiro atoms. The van der Waals surface area contributed by atoms with Crippen LogP contribution in [0.3, 0.4) is 0 Å². The molecule has 0 unspecified atom stereocenters. The number of nitrogens with zero attached hydrogens (tertiary/aromatic N) is 4. The van der Waals surface area contributed by atoms with Crippen molar-refractivity contribution >= 4 is 23.4 Å². The number of hydrogen-bond donors (Lipinski definition) is 2. The van der Waals surface area contributed by atoms with Gasteiger partial charge in [0.05, 0.1) is 34.5 Å². The Morgan fingerprint density at radius 3 is 2.70 bits per heavy atom. The summed E-state index contributed by atoms with van der Waals surface area (Å²) in [5.74, 6) is -0.369. The van der Waals surface area contributed by atoms with Crippen molar-refractivity contribution < 1.29 is 14.3 Å². The van der Waals surface area contributed by atoms with Crippen molar-refractivity contribution in [2.24, 2.45) is 5.41 Å². The molecule has 2 fully saturated rings. The quantitative estimate of drug-likeness (QED) is 0.461. The number of benzene rings is 1. The van der Waals surface area contributed by atoms with Gasteiger partial charge in [0.25, 0.3) is 5.91 Å². The normalized spacial score (nSPS) is 22.1. The number of halogens is 1. The van der Waals surface area contributed by atoms with E-state index in [9.17, 15) is 19.6 Å². The zero-order valence-corrected chi connectivity index (χ0v) is 23.4. The highest BCUT2D eigenvalue weighted by Gasteiger charge is 2.61. The number of nitrogens with one attached hydrogen (secondary N) is 2. The van der Waals surface area contributed by atoms with Gasteiger partial charge in [-0.2, -0.15) is 10.4 Å². The molecule has 0 radical (unpaired) electrons.